The number of halogens is 1. The van der Waals surface area contributed by atoms with Crippen molar-refractivity contribution in [2.24, 2.45) is 0 Å². The van der Waals surface area contributed by atoms with Crippen molar-refractivity contribution < 1.29 is 14.1 Å². The minimum absolute atomic E-state index is 0.0659. The molecule has 6 heteroatoms. The molecule has 2 aromatic rings. The Morgan fingerprint density at radius 2 is 2.33 bits per heavy atom. The van der Waals surface area contributed by atoms with Gasteiger partial charge < -0.3 is 14.6 Å². The normalized spacial score (nSPS) is 16.5. The predicted molar refractivity (Wildman–Crippen MR) is 91.6 cm³/mol. The summed E-state index contributed by atoms with van der Waals surface area (Å²) < 4.78 is 10.2. The van der Waals surface area contributed by atoms with Crippen LogP contribution in [0.5, 0.6) is 5.75 Å². The highest BCUT2D eigenvalue weighted by atomic mass is 35.5. The third-order valence-electron chi connectivity index (χ3n) is 4.61. The Morgan fingerprint density at radius 1 is 1.50 bits per heavy atom. The molecule has 0 spiro atoms. The Kier molecular flexibility index (Phi) is 5.09. The molecule has 3 rings (SSSR count). The van der Waals surface area contributed by atoms with Crippen LogP contribution in [0.15, 0.2) is 22.7 Å². The minimum atomic E-state index is -0.0659. The number of fused-ring (bicyclic) bond motifs is 1. The fourth-order valence-electron chi connectivity index (χ4n) is 3.25. The van der Waals surface area contributed by atoms with Gasteiger partial charge >= 0.3 is 0 Å². The number of nitrogens with one attached hydrogen (secondary N) is 1. The smallest absolute Gasteiger partial charge is 0.229 e. The zero-order valence-corrected chi connectivity index (χ0v) is 14.7. The van der Waals surface area contributed by atoms with Crippen LogP contribution in [0.2, 0.25) is 5.22 Å². The SMILES string of the molecule is COc1ccc2c(c1)CCCC2CNC(=O)Cc1c(C)noc1Cl. The quantitative estimate of drug-likeness (QED) is 0.899. The molecular formula is C18H21ClN2O3. The van der Waals surface area contributed by atoms with E-state index in [1.54, 1.807) is 14.0 Å². The molecule has 1 unspecified atom stereocenters. The maximum atomic E-state index is 12.2. The first-order valence-corrected chi connectivity index (χ1v) is 8.50. The molecule has 1 aromatic heterocycles. The molecule has 0 saturated carbocycles. The first-order chi connectivity index (χ1) is 11.6. The molecule has 1 aliphatic carbocycles. The highest BCUT2D eigenvalue weighted by molar-refractivity contribution is 6.29. The third-order valence-corrected chi connectivity index (χ3v) is 4.91. The van der Waals surface area contributed by atoms with Gasteiger partial charge in [-0.15, -0.1) is 0 Å². The standard InChI is InChI=1S/C18H21ClN2O3/c1-11-16(18(19)24-21-11)9-17(22)20-10-13-5-3-4-12-8-14(23-2)6-7-15(12)13/h6-8,13H,3-5,9-10H2,1-2H3,(H,20,22). The lowest BCUT2D eigenvalue weighted by atomic mass is 9.82. The highest BCUT2D eigenvalue weighted by Gasteiger charge is 2.22. The molecule has 0 radical (unpaired) electrons. The van der Waals surface area contributed by atoms with E-state index in [4.69, 9.17) is 20.9 Å². The van der Waals surface area contributed by atoms with Crippen LogP contribution in [0.4, 0.5) is 0 Å². The van der Waals surface area contributed by atoms with Crippen LogP contribution in [0.1, 0.15) is 41.1 Å². The van der Waals surface area contributed by atoms with Gasteiger partial charge in [-0.2, -0.15) is 0 Å². The summed E-state index contributed by atoms with van der Waals surface area (Å²) in [6.07, 6.45) is 3.45. The summed E-state index contributed by atoms with van der Waals surface area (Å²) in [6.45, 7) is 2.41. The summed E-state index contributed by atoms with van der Waals surface area (Å²) in [5.41, 5.74) is 3.94. The number of benzene rings is 1. The number of methoxy groups -OCH3 is 1. The zero-order chi connectivity index (χ0) is 17.1. The molecule has 5 nitrogen and oxygen atoms in total. The molecule has 128 valence electrons. The number of amides is 1. The van der Waals surface area contributed by atoms with Crippen LogP contribution in [0, 0.1) is 6.92 Å². The number of aromatic nitrogens is 1. The van der Waals surface area contributed by atoms with E-state index in [9.17, 15) is 4.79 Å². The second kappa shape index (κ2) is 7.26. The van der Waals surface area contributed by atoms with Gasteiger partial charge in [-0.1, -0.05) is 11.2 Å². The van der Waals surface area contributed by atoms with Crippen LogP contribution < -0.4 is 10.1 Å². The average Bonchev–Trinajstić information content (AvgIpc) is 2.91. The van der Waals surface area contributed by atoms with Gasteiger partial charge in [0.1, 0.15) is 5.75 Å². The summed E-state index contributed by atoms with van der Waals surface area (Å²) >= 11 is 5.91. The lowest BCUT2D eigenvalue weighted by molar-refractivity contribution is -0.120. The van der Waals surface area contributed by atoms with Crippen LogP contribution in [0.25, 0.3) is 0 Å². The monoisotopic (exact) mass is 348 g/mol. The summed E-state index contributed by atoms with van der Waals surface area (Å²) in [7, 11) is 1.68. The molecule has 1 aliphatic rings. The second-order valence-electron chi connectivity index (χ2n) is 6.15. The number of rotatable bonds is 5. The number of hydrogen-bond donors (Lipinski definition) is 1. The summed E-state index contributed by atoms with van der Waals surface area (Å²) in [5.74, 6) is 1.16. The summed E-state index contributed by atoms with van der Waals surface area (Å²) in [6, 6.07) is 6.20. The van der Waals surface area contributed by atoms with E-state index in [1.807, 2.05) is 6.07 Å². The largest absolute Gasteiger partial charge is 0.497 e. The first-order valence-electron chi connectivity index (χ1n) is 8.12. The van der Waals surface area contributed by atoms with E-state index in [-0.39, 0.29) is 17.5 Å². The van der Waals surface area contributed by atoms with Gasteiger partial charge in [0.15, 0.2) is 0 Å². The van der Waals surface area contributed by atoms with Crippen LogP contribution in [-0.2, 0) is 17.6 Å². The number of ether oxygens (including phenoxy) is 1. The molecule has 1 amide bonds. The van der Waals surface area contributed by atoms with Gasteiger partial charge in [-0.05, 0) is 61.0 Å². The molecule has 1 atom stereocenters. The van der Waals surface area contributed by atoms with Crippen molar-refractivity contribution in [3.05, 3.63) is 45.8 Å². The van der Waals surface area contributed by atoms with Crippen LogP contribution in [0.3, 0.4) is 0 Å². The number of carbonyl (C=O) groups excluding carboxylic acids is 1. The maximum Gasteiger partial charge on any atom is 0.229 e. The van der Waals surface area contributed by atoms with E-state index in [1.165, 1.54) is 11.1 Å². The van der Waals surface area contributed by atoms with Crippen molar-refractivity contribution in [2.45, 2.75) is 38.5 Å². The molecule has 0 saturated heterocycles. The van der Waals surface area contributed by atoms with Crippen molar-refractivity contribution in [1.82, 2.24) is 10.5 Å². The van der Waals surface area contributed by atoms with Gasteiger partial charge in [0.2, 0.25) is 11.1 Å². The molecule has 1 heterocycles. The van der Waals surface area contributed by atoms with Crippen LogP contribution in [-0.4, -0.2) is 24.7 Å². The molecular weight excluding hydrogens is 328 g/mol. The number of carbonyl (C=O) groups is 1. The molecule has 0 bridgehead atoms. The van der Waals surface area contributed by atoms with Crippen molar-refractivity contribution >= 4 is 17.5 Å². The first kappa shape index (κ1) is 16.8. The molecule has 0 fully saturated rings. The van der Waals surface area contributed by atoms with Crippen molar-refractivity contribution in [3.8, 4) is 5.75 Å². The van der Waals surface area contributed by atoms with Crippen LogP contribution >= 0.6 is 11.6 Å². The van der Waals surface area contributed by atoms with Crippen molar-refractivity contribution in [1.29, 1.82) is 0 Å². The van der Waals surface area contributed by atoms with E-state index in [2.05, 4.69) is 22.6 Å². The van der Waals surface area contributed by atoms with Gasteiger partial charge in [0.25, 0.3) is 0 Å². The Labute approximate surface area is 146 Å². The summed E-state index contributed by atoms with van der Waals surface area (Å²) in [4.78, 5) is 12.2. The molecule has 0 aliphatic heterocycles. The minimum Gasteiger partial charge on any atom is -0.497 e. The zero-order valence-electron chi connectivity index (χ0n) is 13.9. The number of hydrogen-bond acceptors (Lipinski definition) is 4. The number of aryl methyl sites for hydroxylation is 2. The van der Waals surface area contributed by atoms with E-state index in [0.29, 0.717) is 23.7 Å². The molecule has 24 heavy (non-hydrogen) atoms. The highest BCUT2D eigenvalue weighted by Crippen LogP contribution is 2.33. The van der Waals surface area contributed by atoms with Gasteiger partial charge in [-0.25, -0.2) is 0 Å². The Morgan fingerprint density at radius 3 is 3.04 bits per heavy atom. The lowest BCUT2D eigenvalue weighted by Crippen LogP contribution is -2.31. The third kappa shape index (κ3) is 3.56. The Bertz CT molecular complexity index is 722. The topological polar surface area (TPSA) is 64.4 Å². The van der Waals surface area contributed by atoms with E-state index in [0.717, 1.165) is 25.0 Å². The van der Waals surface area contributed by atoms with E-state index >= 15 is 0 Å². The van der Waals surface area contributed by atoms with Gasteiger partial charge in [0, 0.05) is 18.0 Å². The molecule has 1 aromatic carbocycles. The Hall–Kier alpha value is -2.01. The average molecular weight is 349 g/mol. The Balaban J connectivity index is 1.62. The van der Waals surface area contributed by atoms with Crippen molar-refractivity contribution in [2.75, 3.05) is 13.7 Å². The van der Waals surface area contributed by atoms with E-state index < -0.39 is 0 Å². The molecule has 1 N–H and O–H groups in total. The summed E-state index contributed by atoms with van der Waals surface area (Å²) in [5, 5.41) is 6.98. The number of nitrogens with zero attached hydrogens (tertiary/aromatic N) is 1. The maximum absolute atomic E-state index is 12.2. The lowest BCUT2D eigenvalue weighted by Gasteiger charge is -2.26. The predicted octanol–water partition coefficient (Wildman–Crippen LogP) is 3.42. The van der Waals surface area contributed by atoms with Gasteiger partial charge in [-0.3, -0.25) is 4.79 Å². The fraction of sp³-hybridized carbons (Fsp3) is 0.444. The van der Waals surface area contributed by atoms with Gasteiger partial charge in [0.05, 0.1) is 19.2 Å². The van der Waals surface area contributed by atoms with Crippen molar-refractivity contribution in [3.63, 3.8) is 0 Å². The fourth-order valence-corrected chi connectivity index (χ4v) is 3.49. The second-order valence-corrected chi connectivity index (χ2v) is 6.50.